The van der Waals surface area contributed by atoms with Crippen LogP contribution in [-0.4, -0.2) is 23.6 Å². The molecule has 0 aliphatic heterocycles. The summed E-state index contributed by atoms with van der Waals surface area (Å²) >= 11 is 4.37. The Hall–Kier alpha value is 0.0600. The van der Waals surface area contributed by atoms with Crippen molar-refractivity contribution in [3.63, 3.8) is 0 Å². The fraction of sp³-hybridized carbons (Fsp3) is 0.857. The fourth-order valence-corrected chi connectivity index (χ4v) is 1.33. The van der Waals surface area contributed by atoms with Crippen molar-refractivity contribution in [2.75, 3.05) is 11.9 Å². The van der Waals surface area contributed by atoms with E-state index in [0.29, 0.717) is 0 Å². The highest BCUT2D eigenvalue weighted by molar-refractivity contribution is 9.09. The standard InChI is InChI=1S/C7H15BrN2O2S/c1-7(2,3)12-6(11)10-13-9-5-4-8/h9H,4-5H2,1-3H3,(H,10,11). The molecule has 78 valence electrons. The summed E-state index contributed by atoms with van der Waals surface area (Å²) in [5, 5.41) is 0.843. The maximum Gasteiger partial charge on any atom is 0.418 e. The average molecular weight is 271 g/mol. The highest BCUT2D eigenvalue weighted by atomic mass is 79.9. The van der Waals surface area contributed by atoms with Gasteiger partial charge in [0.1, 0.15) is 5.60 Å². The normalized spacial score (nSPS) is 11.1. The third-order valence-corrected chi connectivity index (χ3v) is 1.82. The van der Waals surface area contributed by atoms with Crippen molar-refractivity contribution < 1.29 is 9.53 Å². The maximum absolute atomic E-state index is 11.0. The number of rotatable bonds is 4. The number of carbonyl (C=O) groups is 1. The first-order chi connectivity index (χ1) is 5.95. The Balaban J connectivity index is 3.41. The SMILES string of the molecule is CC(C)(C)OC(=O)NSNCCBr. The molecule has 0 radical (unpaired) electrons. The number of hydrogen-bond donors (Lipinski definition) is 2. The highest BCUT2D eigenvalue weighted by Gasteiger charge is 2.15. The number of carbonyl (C=O) groups excluding carboxylic acids is 1. The van der Waals surface area contributed by atoms with Gasteiger partial charge in [-0.15, -0.1) is 0 Å². The predicted octanol–water partition coefficient (Wildman–Crippen LogP) is 2.06. The van der Waals surface area contributed by atoms with Crippen LogP contribution in [0.15, 0.2) is 0 Å². The smallest absolute Gasteiger partial charge is 0.418 e. The van der Waals surface area contributed by atoms with Gasteiger partial charge < -0.3 is 4.74 Å². The zero-order valence-electron chi connectivity index (χ0n) is 8.02. The van der Waals surface area contributed by atoms with Crippen molar-refractivity contribution in [1.82, 2.24) is 9.44 Å². The van der Waals surface area contributed by atoms with Gasteiger partial charge in [0, 0.05) is 24.0 Å². The minimum Gasteiger partial charge on any atom is -0.443 e. The summed E-state index contributed by atoms with van der Waals surface area (Å²) in [6, 6.07) is 0. The molecule has 0 bridgehead atoms. The van der Waals surface area contributed by atoms with E-state index in [1.54, 1.807) is 0 Å². The molecule has 6 heteroatoms. The van der Waals surface area contributed by atoms with Gasteiger partial charge in [-0.3, -0.25) is 4.72 Å². The van der Waals surface area contributed by atoms with Gasteiger partial charge in [0.15, 0.2) is 0 Å². The summed E-state index contributed by atoms with van der Waals surface area (Å²) in [5.41, 5.74) is -0.444. The van der Waals surface area contributed by atoms with Crippen LogP contribution in [0.1, 0.15) is 20.8 Å². The van der Waals surface area contributed by atoms with Gasteiger partial charge in [-0.25, -0.2) is 9.52 Å². The first kappa shape index (κ1) is 13.1. The number of hydrogen-bond acceptors (Lipinski definition) is 4. The highest BCUT2D eigenvalue weighted by Crippen LogP contribution is 2.07. The van der Waals surface area contributed by atoms with Crippen molar-refractivity contribution in [1.29, 1.82) is 0 Å². The Morgan fingerprint density at radius 1 is 1.54 bits per heavy atom. The van der Waals surface area contributed by atoms with Gasteiger partial charge in [0.05, 0.1) is 0 Å². The third kappa shape index (κ3) is 9.98. The minimum absolute atomic E-state index is 0.431. The molecule has 4 nitrogen and oxygen atoms in total. The molecule has 0 saturated carbocycles. The average Bonchev–Trinajstić information content (AvgIpc) is 1.94. The number of alkyl halides is 1. The molecule has 0 aromatic heterocycles. The van der Waals surface area contributed by atoms with Gasteiger partial charge in [0.25, 0.3) is 0 Å². The van der Waals surface area contributed by atoms with Crippen LogP contribution in [0.3, 0.4) is 0 Å². The molecule has 0 fully saturated rings. The summed E-state index contributed by atoms with van der Waals surface area (Å²) in [5.74, 6) is 0. The molecule has 0 aliphatic rings. The molecule has 0 saturated heterocycles. The molecule has 0 unspecified atom stereocenters. The molecule has 0 aliphatic carbocycles. The predicted molar refractivity (Wildman–Crippen MR) is 58.8 cm³/mol. The Labute approximate surface area is 91.6 Å². The second-order valence-electron chi connectivity index (χ2n) is 3.29. The molecule has 13 heavy (non-hydrogen) atoms. The van der Waals surface area contributed by atoms with Gasteiger partial charge in [-0.05, 0) is 20.8 Å². The first-order valence-corrected chi connectivity index (χ1v) is 5.83. The number of amides is 1. The number of halogens is 1. The van der Waals surface area contributed by atoms with E-state index in [1.165, 1.54) is 0 Å². The quantitative estimate of drug-likeness (QED) is 0.467. The molecule has 1 amide bonds. The molecule has 0 spiro atoms. The monoisotopic (exact) mass is 270 g/mol. The Morgan fingerprint density at radius 3 is 2.62 bits per heavy atom. The lowest BCUT2D eigenvalue weighted by atomic mass is 10.2. The second-order valence-corrected chi connectivity index (χ2v) is 4.78. The van der Waals surface area contributed by atoms with E-state index in [1.807, 2.05) is 20.8 Å². The largest absolute Gasteiger partial charge is 0.443 e. The van der Waals surface area contributed by atoms with E-state index in [4.69, 9.17) is 4.74 Å². The van der Waals surface area contributed by atoms with Gasteiger partial charge in [-0.1, -0.05) is 15.9 Å². The van der Waals surface area contributed by atoms with Crippen molar-refractivity contribution in [3.05, 3.63) is 0 Å². The van der Waals surface area contributed by atoms with E-state index in [2.05, 4.69) is 25.4 Å². The van der Waals surface area contributed by atoms with Crippen LogP contribution in [0.25, 0.3) is 0 Å². The molecule has 2 N–H and O–H groups in total. The van der Waals surface area contributed by atoms with Gasteiger partial charge in [0.2, 0.25) is 0 Å². The minimum atomic E-state index is -0.444. The lowest BCUT2D eigenvalue weighted by Crippen LogP contribution is -2.30. The Kier molecular flexibility index (Phi) is 6.53. The van der Waals surface area contributed by atoms with Crippen molar-refractivity contribution in [2.45, 2.75) is 26.4 Å². The van der Waals surface area contributed by atoms with E-state index in [-0.39, 0.29) is 0 Å². The molecular formula is C7H15BrN2O2S. The summed E-state index contributed by atoms with van der Waals surface area (Å²) in [7, 11) is 0. The molecule has 0 heterocycles. The zero-order chi connectivity index (χ0) is 10.3. The van der Waals surface area contributed by atoms with Crippen LogP contribution in [0, 0.1) is 0 Å². The van der Waals surface area contributed by atoms with Crippen LogP contribution in [0.2, 0.25) is 0 Å². The number of nitrogens with one attached hydrogen (secondary N) is 2. The summed E-state index contributed by atoms with van der Waals surface area (Å²) in [4.78, 5) is 11.0. The number of ether oxygens (including phenoxy) is 1. The van der Waals surface area contributed by atoms with Crippen molar-refractivity contribution >= 4 is 34.2 Å². The lowest BCUT2D eigenvalue weighted by molar-refractivity contribution is 0.0574. The molecular weight excluding hydrogens is 256 g/mol. The van der Waals surface area contributed by atoms with Gasteiger partial charge >= 0.3 is 6.09 Å². The Bertz CT molecular complexity index is 161. The molecule has 0 rings (SSSR count). The summed E-state index contributed by atoms with van der Waals surface area (Å²) < 4.78 is 10.4. The van der Waals surface area contributed by atoms with Crippen LogP contribution in [0.4, 0.5) is 4.79 Å². The summed E-state index contributed by atoms with van der Waals surface area (Å²) in [6.45, 7) is 6.25. The molecule has 0 atom stereocenters. The van der Waals surface area contributed by atoms with Crippen molar-refractivity contribution in [2.24, 2.45) is 0 Å². The van der Waals surface area contributed by atoms with E-state index < -0.39 is 11.7 Å². The first-order valence-electron chi connectivity index (χ1n) is 3.89. The van der Waals surface area contributed by atoms with E-state index >= 15 is 0 Å². The summed E-state index contributed by atoms with van der Waals surface area (Å²) in [6.07, 6.45) is -0.431. The van der Waals surface area contributed by atoms with Crippen LogP contribution < -0.4 is 9.44 Å². The lowest BCUT2D eigenvalue weighted by Gasteiger charge is -2.19. The topological polar surface area (TPSA) is 50.4 Å². The van der Waals surface area contributed by atoms with E-state index in [9.17, 15) is 4.79 Å². The van der Waals surface area contributed by atoms with Crippen LogP contribution in [-0.2, 0) is 4.74 Å². The Morgan fingerprint density at radius 2 is 2.15 bits per heavy atom. The van der Waals surface area contributed by atoms with Crippen LogP contribution in [0.5, 0.6) is 0 Å². The van der Waals surface area contributed by atoms with E-state index in [0.717, 1.165) is 24.0 Å². The fourth-order valence-electron chi connectivity index (χ4n) is 0.466. The molecule has 0 aromatic rings. The zero-order valence-corrected chi connectivity index (χ0v) is 10.4. The molecule has 0 aromatic carbocycles. The van der Waals surface area contributed by atoms with Crippen LogP contribution >= 0.6 is 28.1 Å². The maximum atomic E-state index is 11.0. The van der Waals surface area contributed by atoms with Gasteiger partial charge in [-0.2, -0.15) is 0 Å². The van der Waals surface area contributed by atoms with Crippen molar-refractivity contribution in [3.8, 4) is 0 Å². The third-order valence-electron chi connectivity index (χ3n) is 0.802. The second kappa shape index (κ2) is 6.50.